The molecule has 0 amide bonds. The average Bonchev–Trinajstić information content (AvgIpc) is 2.57. The highest BCUT2D eigenvalue weighted by Gasteiger charge is 2.20. The molecule has 0 aromatic carbocycles. The highest BCUT2D eigenvalue weighted by atomic mass is 79.9. The number of ketones is 1. The number of carbonyl (C=O) groups excluding carboxylic acids is 1. The van der Waals surface area contributed by atoms with E-state index in [2.05, 4.69) is 28.0 Å². The summed E-state index contributed by atoms with van der Waals surface area (Å²) in [5.74, 6) is 0.331. The van der Waals surface area contributed by atoms with E-state index in [9.17, 15) is 4.79 Å². The van der Waals surface area contributed by atoms with Gasteiger partial charge < -0.3 is 0 Å². The smallest absolute Gasteiger partial charge is 0.149 e. The van der Waals surface area contributed by atoms with E-state index in [1.165, 1.54) is 5.56 Å². The average molecular weight is 287 g/mol. The van der Waals surface area contributed by atoms with E-state index < -0.39 is 0 Å². The van der Waals surface area contributed by atoms with Crippen LogP contribution in [0.1, 0.15) is 32.0 Å². The van der Waals surface area contributed by atoms with Crippen molar-refractivity contribution >= 4 is 21.7 Å². The van der Waals surface area contributed by atoms with Crippen molar-refractivity contribution in [3.8, 4) is 0 Å². The second-order valence-electron chi connectivity index (χ2n) is 4.36. The third-order valence-corrected chi connectivity index (χ3v) is 3.38. The third kappa shape index (κ3) is 3.17. The number of alkyl halides is 1. The molecule has 1 atom stereocenters. The van der Waals surface area contributed by atoms with Crippen LogP contribution in [0.2, 0.25) is 0 Å². The van der Waals surface area contributed by atoms with Crippen LogP contribution in [0.25, 0.3) is 0 Å². The fraction of sp³-hybridized carbons (Fsp3) is 0.667. The summed E-state index contributed by atoms with van der Waals surface area (Å²) in [7, 11) is 1.91. The molecule has 0 bridgehead atoms. The largest absolute Gasteiger partial charge is 0.298 e. The molecule has 1 aromatic heterocycles. The van der Waals surface area contributed by atoms with Gasteiger partial charge in [0.05, 0.1) is 10.5 Å². The van der Waals surface area contributed by atoms with E-state index in [1.54, 1.807) is 0 Å². The molecule has 4 heteroatoms. The molecular weight excluding hydrogens is 268 g/mol. The number of halogens is 1. The lowest BCUT2D eigenvalue weighted by atomic mass is 10.0. The first-order valence-corrected chi connectivity index (χ1v) is 6.56. The number of aryl methyl sites for hydroxylation is 2. The summed E-state index contributed by atoms with van der Waals surface area (Å²) >= 11 is 3.47. The summed E-state index contributed by atoms with van der Waals surface area (Å²) in [4.78, 5) is 11.7. The normalized spacial score (nSPS) is 13.1. The molecule has 1 heterocycles. The zero-order valence-corrected chi connectivity index (χ0v) is 11.9. The van der Waals surface area contributed by atoms with E-state index in [0.717, 1.165) is 18.5 Å². The Hall–Kier alpha value is -0.640. The van der Waals surface area contributed by atoms with E-state index in [0.29, 0.717) is 0 Å². The lowest BCUT2D eigenvalue weighted by Gasteiger charge is -2.10. The number of aromatic nitrogens is 2. The predicted octanol–water partition coefficient (Wildman–Crippen LogP) is 2.51. The Kier molecular flexibility index (Phi) is 4.71. The molecule has 0 N–H and O–H groups in total. The number of rotatable bonds is 5. The molecule has 3 nitrogen and oxygen atoms in total. The first-order valence-electron chi connectivity index (χ1n) is 5.64. The Morgan fingerprint density at radius 1 is 1.56 bits per heavy atom. The maximum Gasteiger partial charge on any atom is 0.149 e. The van der Waals surface area contributed by atoms with Crippen LogP contribution < -0.4 is 0 Å². The molecular formula is C12H19BrN2O. The van der Waals surface area contributed by atoms with Gasteiger partial charge in [-0.15, -0.1) is 0 Å². The minimum Gasteiger partial charge on any atom is -0.298 e. The van der Waals surface area contributed by atoms with Crippen LogP contribution in [0.3, 0.4) is 0 Å². The van der Waals surface area contributed by atoms with Crippen LogP contribution in [0.5, 0.6) is 0 Å². The van der Waals surface area contributed by atoms with Crippen molar-refractivity contribution in [3.05, 3.63) is 17.5 Å². The van der Waals surface area contributed by atoms with Gasteiger partial charge in [-0.2, -0.15) is 5.10 Å². The van der Waals surface area contributed by atoms with Crippen molar-refractivity contribution in [3.63, 3.8) is 0 Å². The maximum atomic E-state index is 11.8. The van der Waals surface area contributed by atoms with Crippen LogP contribution >= 0.6 is 15.9 Å². The zero-order valence-electron chi connectivity index (χ0n) is 10.3. The molecule has 0 aliphatic rings. The Balaban J connectivity index is 2.76. The summed E-state index contributed by atoms with van der Waals surface area (Å²) < 4.78 is 1.81. The highest BCUT2D eigenvalue weighted by molar-refractivity contribution is 9.10. The first kappa shape index (κ1) is 13.4. The predicted molar refractivity (Wildman–Crippen MR) is 68.9 cm³/mol. The van der Waals surface area contributed by atoms with Gasteiger partial charge in [0, 0.05) is 19.2 Å². The molecule has 0 spiro atoms. The third-order valence-electron chi connectivity index (χ3n) is 2.60. The minimum atomic E-state index is -0.0954. The molecule has 0 aliphatic heterocycles. The second-order valence-corrected chi connectivity index (χ2v) is 5.46. The molecule has 90 valence electrons. The summed E-state index contributed by atoms with van der Waals surface area (Å²) in [5.41, 5.74) is 2.25. The van der Waals surface area contributed by atoms with Crippen molar-refractivity contribution in [1.82, 2.24) is 9.78 Å². The molecule has 1 aromatic rings. The van der Waals surface area contributed by atoms with Gasteiger partial charge in [0.2, 0.25) is 0 Å². The van der Waals surface area contributed by atoms with E-state index in [4.69, 9.17) is 0 Å². The molecule has 16 heavy (non-hydrogen) atoms. The molecule has 0 saturated carbocycles. The number of carbonyl (C=O) groups is 1. The van der Waals surface area contributed by atoms with E-state index in [1.807, 2.05) is 31.8 Å². The molecule has 0 radical (unpaired) electrons. The summed E-state index contributed by atoms with van der Waals surface area (Å²) in [5, 5.41) is 4.37. The van der Waals surface area contributed by atoms with E-state index in [-0.39, 0.29) is 16.5 Å². The Morgan fingerprint density at radius 3 is 2.69 bits per heavy atom. The fourth-order valence-corrected chi connectivity index (χ4v) is 2.58. The standard InChI is InChI=1S/C12H19BrN2O/c1-5-11-9(7-15(4)14-11)6-10(13)12(16)8(2)3/h7-8,10H,5-6H2,1-4H3. The maximum absolute atomic E-state index is 11.8. The van der Waals surface area contributed by atoms with Crippen LogP contribution in [-0.2, 0) is 24.7 Å². The number of hydrogen-bond acceptors (Lipinski definition) is 2. The Bertz CT molecular complexity index is 371. The van der Waals surface area contributed by atoms with Gasteiger partial charge in [0.25, 0.3) is 0 Å². The first-order chi connectivity index (χ1) is 7.45. The number of Topliss-reactive ketones (excluding diaryl/α,β-unsaturated/α-hetero) is 1. The summed E-state index contributed by atoms with van der Waals surface area (Å²) in [6.45, 7) is 5.94. The lowest BCUT2D eigenvalue weighted by Crippen LogP contribution is -2.22. The topological polar surface area (TPSA) is 34.9 Å². The van der Waals surface area contributed by atoms with Crippen molar-refractivity contribution in [1.29, 1.82) is 0 Å². The van der Waals surface area contributed by atoms with Gasteiger partial charge in [-0.3, -0.25) is 9.48 Å². The molecule has 1 rings (SSSR count). The molecule has 0 saturated heterocycles. The van der Waals surface area contributed by atoms with Gasteiger partial charge in [-0.05, 0) is 18.4 Å². The van der Waals surface area contributed by atoms with Crippen molar-refractivity contribution < 1.29 is 4.79 Å². The monoisotopic (exact) mass is 286 g/mol. The Morgan fingerprint density at radius 2 is 2.19 bits per heavy atom. The van der Waals surface area contributed by atoms with Gasteiger partial charge in [0.1, 0.15) is 5.78 Å². The lowest BCUT2D eigenvalue weighted by molar-refractivity contribution is -0.121. The number of nitrogens with zero attached hydrogens (tertiary/aromatic N) is 2. The minimum absolute atomic E-state index is 0.0751. The van der Waals surface area contributed by atoms with Gasteiger partial charge in [-0.1, -0.05) is 36.7 Å². The van der Waals surface area contributed by atoms with Crippen LogP contribution in [0.4, 0.5) is 0 Å². The van der Waals surface area contributed by atoms with Crippen molar-refractivity contribution in [2.45, 2.75) is 38.4 Å². The van der Waals surface area contributed by atoms with Crippen LogP contribution in [-0.4, -0.2) is 20.4 Å². The molecule has 1 unspecified atom stereocenters. The molecule has 0 aliphatic carbocycles. The number of hydrogen-bond donors (Lipinski definition) is 0. The van der Waals surface area contributed by atoms with E-state index >= 15 is 0 Å². The molecule has 0 fully saturated rings. The van der Waals surface area contributed by atoms with Gasteiger partial charge in [0.15, 0.2) is 0 Å². The quantitative estimate of drug-likeness (QED) is 0.780. The summed E-state index contributed by atoms with van der Waals surface area (Å²) in [6, 6.07) is 0. The SMILES string of the molecule is CCc1nn(C)cc1CC(Br)C(=O)C(C)C. The fourth-order valence-electron chi connectivity index (χ4n) is 1.71. The Labute approximate surface area is 105 Å². The van der Waals surface area contributed by atoms with Crippen LogP contribution in [0.15, 0.2) is 6.20 Å². The van der Waals surface area contributed by atoms with Crippen molar-refractivity contribution in [2.24, 2.45) is 13.0 Å². The zero-order chi connectivity index (χ0) is 12.3. The van der Waals surface area contributed by atoms with Crippen molar-refractivity contribution in [2.75, 3.05) is 0 Å². The summed E-state index contributed by atoms with van der Waals surface area (Å²) in [6.07, 6.45) is 3.64. The second kappa shape index (κ2) is 5.62. The van der Waals surface area contributed by atoms with Crippen LogP contribution in [0, 0.1) is 5.92 Å². The van der Waals surface area contributed by atoms with Gasteiger partial charge >= 0.3 is 0 Å². The highest BCUT2D eigenvalue weighted by Crippen LogP contribution is 2.17. The van der Waals surface area contributed by atoms with Gasteiger partial charge in [-0.25, -0.2) is 0 Å².